The first-order valence-electron chi connectivity index (χ1n) is 4.58. The zero-order chi connectivity index (χ0) is 8.84. The SMILES string of the molecule is Brc1nnc(NC2CC2C2CC2)s1. The average molecular weight is 260 g/mol. The van der Waals surface area contributed by atoms with Gasteiger partial charge >= 0.3 is 0 Å². The summed E-state index contributed by atoms with van der Waals surface area (Å²) in [4.78, 5) is 0. The summed E-state index contributed by atoms with van der Waals surface area (Å²) in [5.41, 5.74) is 0. The molecule has 2 saturated carbocycles. The van der Waals surface area contributed by atoms with Gasteiger partial charge in [-0.05, 0) is 47.0 Å². The molecule has 2 unspecified atom stereocenters. The summed E-state index contributed by atoms with van der Waals surface area (Å²) in [7, 11) is 0. The van der Waals surface area contributed by atoms with Crippen molar-refractivity contribution >= 4 is 32.4 Å². The van der Waals surface area contributed by atoms with Gasteiger partial charge in [0.1, 0.15) is 0 Å². The molecule has 0 radical (unpaired) electrons. The maximum absolute atomic E-state index is 4.02. The third kappa shape index (κ3) is 1.72. The van der Waals surface area contributed by atoms with Gasteiger partial charge in [-0.3, -0.25) is 0 Å². The molecular formula is C8H10BrN3S. The van der Waals surface area contributed by atoms with E-state index >= 15 is 0 Å². The lowest BCUT2D eigenvalue weighted by molar-refractivity contribution is 0.697. The van der Waals surface area contributed by atoms with Crippen LogP contribution in [0.3, 0.4) is 0 Å². The van der Waals surface area contributed by atoms with Gasteiger partial charge < -0.3 is 5.32 Å². The van der Waals surface area contributed by atoms with E-state index in [1.807, 2.05) is 0 Å². The van der Waals surface area contributed by atoms with Crippen LogP contribution in [0.2, 0.25) is 0 Å². The summed E-state index contributed by atoms with van der Waals surface area (Å²) < 4.78 is 0.860. The van der Waals surface area contributed by atoms with Crippen LogP contribution in [0.15, 0.2) is 3.92 Å². The maximum Gasteiger partial charge on any atom is 0.206 e. The molecule has 0 amide bonds. The van der Waals surface area contributed by atoms with Gasteiger partial charge in [-0.15, -0.1) is 10.2 Å². The van der Waals surface area contributed by atoms with Gasteiger partial charge in [0.15, 0.2) is 3.92 Å². The second kappa shape index (κ2) is 2.92. The molecule has 70 valence electrons. The lowest BCUT2D eigenvalue weighted by atomic mass is 10.3. The molecule has 1 aromatic heterocycles. The van der Waals surface area contributed by atoms with E-state index in [1.54, 1.807) is 11.3 Å². The maximum atomic E-state index is 4.02. The van der Waals surface area contributed by atoms with Crippen molar-refractivity contribution in [2.75, 3.05) is 5.32 Å². The lowest BCUT2D eigenvalue weighted by Crippen LogP contribution is -2.04. The van der Waals surface area contributed by atoms with Crippen LogP contribution in [0.5, 0.6) is 0 Å². The molecule has 1 aromatic rings. The molecule has 0 spiro atoms. The molecule has 2 atom stereocenters. The number of nitrogens with one attached hydrogen (secondary N) is 1. The molecule has 0 bridgehead atoms. The van der Waals surface area contributed by atoms with Gasteiger partial charge in [-0.25, -0.2) is 0 Å². The first kappa shape index (κ1) is 8.17. The van der Waals surface area contributed by atoms with Crippen molar-refractivity contribution in [1.29, 1.82) is 0 Å². The van der Waals surface area contributed by atoms with E-state index in [1.165, 1.54) is 19.3 Å². The molecule has 3 rings (SSSR count). The number of hydrogen-bond acceptors (Lipinski definition) is 4. The summed E-state index contributed by atoms with van der Waals surface area (Å²) >= 11 is 4.88. The van der Waals surface area contributed by atoms with E-state index < -0.39 is 0 Å². The largest absolute Gasteiger partial charge is 0.357 e. The normalized spacial score (nSPS) is 31.8. The van der Waals surface area contributed by atoms with Crippen molar-refractivity contribution in [3.63, 3.8) is 0 Å². The topological polar surface area (TPSA) is 37.8 Å². The zero-order valence-corrected chi connectivity index (χ0v) is 9.44. The van der Waals surface area contributed by atoms with Crippen molar-refractivity contribution < 1.29 is 0 Å². The molecule has 13 heavy (non-hydrogen) atoms. The summed E-state index contributed by atoms with van der Waals surface area (Å²) in [6.07, 6.45) is 4.23. The van der Waals surface area contributed by atoms with E-state index in [9.17, 15) is 0 Å². The van der Waals surface area contributed by atoms with E-state index in [-0.39, 0.29) is 0 Å². The Hall–Kier alpha value is -0.160. The Balaban J connectivity index is 1.58. The molecule has 1 N–H and O–H groups in total. The second-order valence-corrected chi connectivity index (χ2v) is 6.10. The van der Waals surface area contributed by atoms with Crippen LogP contribution >= 0.6 is 27.3 Å². The Kier molecular flexibility index (Phi) is 1.83. The van der Waals surface area contributed by atoms with Gasteiger partial charge in [-0.2, -0.15) is 0 Å². The minimum atomic E-state index is 0.687. The lowest BCUT2D eigenvalue weighted by Gasteiger charge is -1.98. The predicted molar refractivity (Wildman–Crippen MR) is 55.9 cm³/mol. The highest BCUT2D eigenvalue weighted by Crippen LogP contribution is 2.51. The highest BCUT2D eigenvalue weighted by molar-refractivity contribution is 9.11. The smallest absolute Gasteiger partial charge is 0.206 e. The Bertz CT molecular complexity index is 323. The number of anilines is 1. The van der Waals surface area contributed by atoms with Crippen LogP contribution in [-0.4, -0.2) is 16.2 Å². The number of nitrogens with zero attached hydrogens (tertiary/aromatic N) is 2. The van der Waals surface area contributed by atoms with Crippen molar-refractivity contribution in [2.24, 2.45) is 11.8 Å². The van der Waals surface area contributed by atoms with E-state index in [0.717, 1.165) is 20.9 Å². The Morgan fingerprint density at radius 2 is 2.23 bits per heavy atom. The van der Waals surface area contributed by atoms with E-state index in [4.69, 9.17) is 0 Å². The Morgan fingerprint density at radius 3 is 2.85 bits per heavy atom. The van der Waals surface area contributed by atoms with Crippen LogP contribution in [0.1, 0.15) is 19.3 Å². The fourth-order valence-electron chi connectivity index (χ4n) is 1.85. The zero-order valence-electron chi connectivity index (χ0n) is 7.03. The fraction of sp³-hybridized carbons (Fsp3) is 0.750. The first-order chi connectivity index (χ1) is 6.33. The molecule has 2 fully saturated rings. The van der Waals surface area contributed by atoms with Crippen molar-refractivity contribution in [3.05, 3.63) is 3.92 Å². The highest BCUT2D eigenvalue weighted by Gasteiger charge is 2.47. The highest BCUT2D eigenvalue weighted by atomic mass is 79.9. The first-order valence-corrected chi connectivity index (χ1v) is 6.19. The van der Waals surface area contributed by atoms with E-state index in [0.29, 0.717) is 6.04 Å². The van der Waals surface area contributed by atoms with Crippen molar-refractivity contribution in [2.45, 2.75) is 25.3 Å². The van der Waals surface area contributed by atoms with Crippen LogP contribution in [0, 0.1) is 11.8 Å². The number of hydrogen-bond donors (Lipinski definition) is 1. The second-order valence-electron chi connectivity index (χ2n) is 3.85. The van der Waals surface area contributed by atoms with Gasteiger partial charge in [0.25, 0.3) is 0 Å². The standard InChI is InChI=1S/C8H10BrN3S/c9-7-11-12-8(13-7)10-6-3-5(6)4-1-2-4/h4-6H,1-3H2,(H,10,12). The number of halogens is 1. The van der Waals surface area contributed by atoms with Gasteiger partial charge in [0.05, 0.1) is 0 Å². The van der Waals surface area contributed by atoms with Crippen LogP contribution in [0.4, 0.5) is 5.13 Å². The molecule has 1 heterocycles. The van der Waals surface area contributed by atoms with Gasteiger partial charge in [-0.1, -0.05) is 11.3 Å². The fourth-order valence-corrected chi connectivity index (χ4v) is 2.92. The Labute approximate surface area is 89.1 Å². The molecule has 3 nitrogen and oxygen atoms in total. The molecule has 2 aliphatic carbocycles. The van der Waals surface area contributed by atoms with Gasteiger partial charge in [0.2, 0.25) is 5.13 Å². The average Bonchev–Trinajstić information content (AvgIpc) is 2.92. The minimum absolute atomic E-state index is 0.687. The molecule has 5 heteroatoms. The van der Waals surface area contributed by atoms with Crippen LogP contribution in [-0.2, 0) is 0 Å². The van der Waals surface area contributed by atoms with Crippen LogP contribution in [0.25, 0.3) is 0 Å². The number of aromatic nitrogens is 2. The monoisotopic (exact) mass is 259 g/mol. The van der Waals surface area contributed by atoms with Crippen LogP contribution < -0.4 is 5.32 Å². The predicted octanol–water partition coefficient (Wildman–Crippen LogP) is 2.51. The quantitative estimate of drug-likeness (QED) is 0.907. The Morgan fingerprint density at radius 1 is 1.38 bits per heavy atom. The van der Waals surface area contributed by atoms with Crippen molar-refractivity contribution in [3.8, 4) is 0 Å². The minimum Gasteiger partial charge on any atom is -0.357 e. The summed E-state index contributed by atoms with van der Waals surface area (Å²) in [6, 6.07) is 0.687. The third-order valence-electron chi connectivity index (χ3n) is 2.78. The molecule has 0 aromatic carbocycles. The summed E-state index contributed by atoms with van der Waals surface area (Å²) in [6.45, 7) is 0. The van der Waals surface area contributed by atoms with Gasteiger partial charge in [0, 0.05) is 6.04 Å². The van der Waals surface area contributed by atoms with Crippen molar-refractivity contribution in [1.82, 2.24) is 10.2 Å². The molecule has 0 aliphatic heterocycles. The summed E-state index contributed by atoms with van der Waals surface area (Å²) in [5, 5.41) is 12.3. The molecule has 2 aliphatic rings. The summed E-state index contributed by atoms with van der Waals surface area (Å²) in [5.74, 6) is 1.96. The van der Waals surface area contributed by atoms with E-state index in [2.05, 4.69) is 31.4 Å². The molecular weight excluding hydrogens is 250 g/mol. The number of rotatable bonds is 3. The third-order valence-corrected chi connectivity index (χ3v) is 4.06. The molecule has 0 saturated heterocycles.